The van der Waals surface area contributed by atoms with Crippen LogP contribution in [0.3, 0.4) is 0 Å². The Kier molecular flexibility index (Phi) is 7.19. The Hall–Kier alpha value is -7.08. The molecule has 2 aliphatic heterocycles. The Morgan fingerprint density at radius 2 is 0.912 bits per heavy atom. The number of hydrogen-bond donors (Lipinski definition) is 0. The molecule has 0 atom stereocenters. The standard InChI is InChI=1S/C52H34BN3S/c1-5-19-35(20-6-1)54(36-21-7-2-8-22-36)46-34-48-49(40-28-14-13-27-39(40)46)41-33-47-50-51(52(41)57-48)56(38-25-11-4-12-26-38)45-32-18-16-30-43(45)53(50)42-29-15-17-31-44(42)55(47)37-23-9-3-10-24-37/h1-34H. The molecule has 266 valence electrons. The lowest BCUT2D eigenvalue weighted by Crippen LogP contribution is -2.61. The van der Waals surface area contributed by atoms with Crippen molar-refractivity contribution >= 4 is 117 Å². The summed E-state index contributed by atoms with van der Waals surface area (Å²) in [7, 11) is 0. The van der Waals surface area contributed by atoms with E-state index in [0.717, 1.165) is 22.7 Å². The minimum atomic E-state index is 0.0656. The van der Waals surface area contributed by atoms with E-state index in [0.29, 0.717) is 0 Å². The van der Waals surface area contributed by atoms with Crippen molar-refractivity contribution in [1.82, 2.24) is 0 Å². The lowest BCUT2D eigenvalue weighted by Gasteiger charge is -2.44. The third kappa shape index (κ3) is 4.79. The van der Waals surface area contributed by atoms with Gasteiger partial charge in [0, 0.05) is 60.7 Å². The lowest BCUT2D eigenvalue weighted by atomic mass is 9.33. The van der Waals surface area contributed by atoms with E-state index >= 15 is 0 Å². The van der Waals surface area contributed by atoms with E-state index in [1.54, 1.807) is 0 Å². The van der Waals surface area contributed by atoms with E-state index in [1.165, 1.54) is 75.8 Å². The van der Waals surface area contributed by atoms with E-state index in [1.807, 2.05) is 11.3 Å². The minimum absolute atomic E-state index is 0.0656. The normalized spacial score (nSPS) is 12.8. The van der Waals surface area contributed by atoms with Crippen molar-refractivity contribution in [1.29, 1.82) is 0 Å². The zero-order chi connectivity index (χ0) is 37.5. The molecule has 9 aromatic carbocycles. The van der Waals surface area contributed by atoms with Crippen LogP contribution in [0.1, 0.15) is 0 Å². The van der Waals surface area contributed by atoms with Crippen LogP contribution < -0.4 is 31.1 Å². The number of benzene rings is 9. The van der Waals surface area contributed by atoms with Crippen LogP contribution in [0.15, 0.2) is 206 Å². The van der Waals surface area contributed by atoms with Gasteiger partial charge in [0.15, 0.2) is 0 Å². The molecule has 0 spiro atoms. The van der Waals surface area contributed by atoms with Crippen molar-refractivity contribution in [2.75, 3.05) is 14.7 Å². The van der Waals surface area contributed by atoms with Gasteiger partial charge in [-0.2, -0.15) is 0 Å². The van der Waals surface area contributed by atoms with Gasteiger partial charge in [-0.1, -0.05) is 133 Å². The maximum Gasteiger partial charge on any atom is 0.252 e. The number of thiophene rings is 1. The average molecular weight is 744 g/mol. The highest BCUT2D eigenvalue weighted by Crippen LogP contribution is 2.53. The van der Waals surface area contributed by atoms with Gasteiger partial charge in [-0.15, -0.1) is 11.3 Å². The highest BCUT2D eigenvalue weighted by Gasteiger charge is 2.44. The topological polar surface area (TPSA) is 9.72 Å². The molecule has 57 heavy (non-hydrogen) atoms. The Morgan fingerprint density at radius 1 is 0.421 bits per heavy atom. The maximum atomic E-state index is 2.54. The molecule has 0 unspecified atom stereocenters. The SMILES string of the molecule is c1ccc(N2c3ccccc3B3c4ccccc4N(c4ccccc4)c4c3c2cc2c4sc3cc(N(c4ccccc4)c4ccccc4)c4ccccc4c32)cc1. The molecule has 0 bridgehead atoms. The molecule has 5 heteroatoms. The second kappa shape index (κ2) is 12.7. The van der Waals surface area contributed by atoms with E-state index in [9.17, 15) is 0 Å². The van der Waals surface area contributed by atoms with Crippen LogP contribution in [-0.2, 0) is 0 Å². The summed E-state index contributed by atoms with van der Waals surface area (Å²) in [5.41, 5.74) is 14.7. The van der Waals surface area contributed by atoms with E-state index in [4.69, 9.17) is 0 Å². The third-order valence-electron chi connectivity index (χ3n) is 11.8. The Balaban J connectivity index is 1.25. The van der Waals surface area contributed by atoms with Gasteiger partial charge in [0.2, 0.25) is 0 Å². The number of nitrogens with zero attached hydrogens (tertiary/aromatic N) is 3. The number of anilines is 9. The van der Waals surface area contributed by atoms with Gasteiger partial charge in [0.1, 0.15) is 0 Å². The molecule has 0 saturated carbocycles. The molecule has 10 aromatic rings. The van der Waals surface area contributed by atoms with Gasteiger partial charge in [0.05, 0.1) is 16.1 Å². The quantitative estimate of drug-likeness (QED) is 0.163. The summed E-state index contributed by atoms with van der Waals surface area (Å²) in [6, 6.07) is 75.4. The average Bonchev–Trinajstić information content (AvgIpc) is 3.66. The van der Waals surface area contributed by atoms with Gasteiger partial charge in [-0.05, 0) is 94.6 Å². The number of fused-ring (bicyclic) bond motifs is 10. The molecular weight excluding hydrogens is 709 g/mol. The van der Waals surface area contributed by atoms with Gasteiger partial charge in [-0.25, -0.2) is 0 Å². The predicted octanol–water partition coefficient (Wildman–Crippen LogP) is 12.8. The maximum absolute atomic E-state index is 2.54. The molecule has 0 amide bonds. The largest absolute Gasteiger partial charge is 0.311 e. The smallest absolute Gasteiger partial charge is 0.252 e. The summed E-state index contributed by atoms with van der Waals surface area (Å²) in [5, 5.41) is 5.04. The molecule has 12 rings (SSSR count). The first-order chi connectivity index (χ1) is 28.3. The molecular formula is C52H34BN3S. The first kappa shape index (κ1) is 32.2. The second-order valence-corrected chi connectivity index (χ2v) is 15.9. The predicted molar refractivity (Wildman–Crippen MR) is 246 cm³/mol. The van der Waals surface area contributed by atoms with Crippen LogP contribution in [0.2, 0.25) is 0 Å². The van der Waals surface area contributed by atoms with Crippen molar-refractivity contribution in [3.8, 4) is 0 Å². The van der Waals surface area contributed by atoms with Crippen molar-refractivity contribution in [2.45, 2.75) is 0 Å². The summed E-state index contributed by atoms with van der Waals surface area (Å²) in [5.74, 6) is 0. The van der Waals surface area contributed by atoms with Crippen LogP contribution in [0.5, 0.6) is 0 Å². The second-order valence-electron chi connectivity index (χ2n) is 14.9. The Bertz CT molecular complexity index is 3100. The van der Waals surface area contributed by atoms with Gasteiger partial charge in [0.25, 0.3) is 6.71 Å². The Labute approximate surface area is 336 Å². The summed E-state index contributed by atoms with van der Waals surface area (Å²) >= 11 is 1.92. The molecule has 2 aliphatic rings. The number of hydrogen-bond acceptors (Lipinski definition) is 4. The summed E-state index contributed by atoms with van der Waals surface area (Å²) in [4.78, 5) is 7.47. The first-order valence-electron chi connectivity index (χ1n) is 19.6. The first-order valence-corrected chi connectivity index (χ1v) is 20.4. The fourth-order valence-corrected chi connectivity index (χ4v) is 10.8. The van der Waals surface area contributed by atoms with Crippen LogP contribution >= 0.6 is 11.3 Å². The highest BCUT2D eigenvalue weighted by atomic mass is 32.1. The number of rotatable bonds is 5. The van der Waals surface area contributed by atoms with Crippen LogP contribution in [0.4, 0.5) is 51.2 Å². The lowest BCUT2D eigenvalue weighted by molar-refractivity contribution is 1.27. The molecule has 0 radical (unpaired) electrons. The molecule has 0 fully saturated rings. The van der Waals surface area contributed by atoms with Gasteiger partial charge >= 0.3 is 0 Å². The summed E-state index contributed by atoms with van der Waals surface area (Å²) in [6.07, 6.45) is 0. The molecule has 3 nitrogen and oxygen atoms in total. The van der Waals surface area contributed by atoms with Gasteiger partial charge < -0.3 is 14.7 Å². The van der Waals surface area contributed by atoms with Crippen molar-refractivity contribution in [2.24, 2.45) is 0 Å². The molecule has 0 aliphatic carbocycles. The number of para-hydroxylation sites is 6. The zero-order valence-corrected chi connectivity index (χ0v) is 31.8. The zero-order valence-electron chi connectivity index (χ0n) is 31.0. The molecule has 1 aromatic heterocycles. The minimum Gasteiger partial charge on any atom is -0.311 e. The van der Waals surface area contributed by atoms with E-state index < -0.39 is 0 Å². The van der Waals surface area contributed by atoms with Gasteiger partial charge in [-0.3, -0.25) is 0 Å². The van der Waals surface area contributed by atoms with Crippen molar-refractivity contribution in [3.63, 3.8) is 0 Å². The Morgan fingerprint density at radius 3 is 1.53 bits per heavy atom. The fourth-order valence-electron chi connectivity index (χ4n) is 9.50. The van der Waals surface area contributed by atoms with Crippen molar-refractivity contribution < 1.29 is 0 Å². The summed E-state index contributed by atoms with van der Waals surface area (Å²) in [6.45, 7) is 0.0656. The molecule has 3 heterocycles. The molecule has 0 N–H and O–H groups in total. The summed E-state index contributed by atoms with van der Waals surface area (Å²) < 4.78 is 2.56. The monoisotopic (exact) mass is 743 g/mol. The highest BCUT2D eigenvalue weighted by molar-refractivity contribution is 7.27. The van der Waals surface area contributed by atoms with Crippen LogP contribution in [-0.4, -0.2) is 6.71 Å². The fraction of sp³-hybridized carbons (Fsp3) is 0. The van der Waals surface area contributed by atoms with Crippen LogP contribution in [0, 0.1) is 0 Å². The van der Waals surface area contributed by atoms with E-state index in [2.05, 4.69) is 221 Å². The van der Waals surface area contributed by atoms with Crippen molar-refractivity contribution in [3.05, 3.63) is 206 Å². The third-order valence-corrected chi connectivity index (χ3v) is 12.9. The molecule has 0 saturated heterocycles. The van der Waals surface area contributed by atoms with E-state index in [-0.39, 0.29) is 6.71 Å². The van der Waals surface area contributed by atoms with Crippen LogP contribution in [0.25, 0.3) is 30.9 Å².